The van der Waals surface area contributed by atoms with E-state index >= 15 is 0 Å². The van der Waals surface area contributed by atoms with Crippen molar-refractivity contribution in [2.24, 2.45) is 0 Å². The lowest BCUT2D eigenvalue weighted by Gasteiger charge is -2.39. The minimum atomic E-state index is 0. The van der Waals surface area contributed by atoms with Gasteiger partial charge >= 0.3 is 0 Å². The normalized spacial score (nSPS) is 11.2. The number of quaternary nitrogens is 1. The molecule has 0 aliphatic carbocycles. The topological polar surface area (TPSA) is 0 Å². The Morgan fingerprint density at radius 2 is 1.17 bits per heavy atom. The molecule has 0 saturated heterocycles. The molecule has 1 nitrogen and oxygen atoms in total. The van der Waals surface area contributed by atoms with Crippen LogP contribution in [0.5, 0.6) is 0 Å². The Hall–Kier alpha value is -0.790. The van der Waals surface area contributed by atoms with Crippen LogP contribution >= 0.6 is 0 Å². The van der Waals surface area contributed by atoms with Gasteiger partial charge in [0.25, 0.3) is 0 Å². The number of benzene rings is 1. The second-order valence-electron chi connectivity index (χ2n) is 8.77. The zero-order chi connectivity index (χ0) is 20.3. The Labute approximate surface area is 189 Å². The predicted octanol–water partition coefficient (Wildman–Crippen LogP) is 5.30. The van der Waals surface area contributed by atoms with Crippen LogP contribution in [0, 0.1) is 0 Å². The summed E-state index contributed by atoms with van der Waals surface area (Å²) in [4.78, 5) is 0. The van der Waals surface area contributed by atoms with E-state index in [1.165, 1.54) is 120 Å². The zero-order valence-electron chi connectivity index (χ0n) is 19.5. The highest BCUT2D eigenvalue weighted by Gasteiger charge is 2.26. The third-order valence-electron chi connectivity index (χ3n) is 6.12. The SMILES string of the molecule is C=CCCCCCC[N+](CCCCCC)(CCCCCC)Cc1ccccc1.[Cl-]. The molecule has 2 heteroatoms. The average molecular weight is 422 g/mol. The van der Waals surface area contributed by atoms with Crippen molar-refractivity contribution < 1.29 is 16.9 Å². The summed E-state index contributed by atoms with van der Waals surface area (Å²) in [5.74, 6) is 0. The van der Waals surface area contributed by atoms with Crippen molar-refractivity contribution in [2.45, 2.75) is 104 Å². The van der Waals surface area contributed by atoms with Crippen LogP contribution in [0.15, 0.2) is 43.0 Å². The van der Waals surface area contributed by atoms with E-state index < -0.39 is 0 Å². The molecule has 0 atom stereocenters. The van der Waals surface area contributed by atoms with Crippen LogP contribution in [0.3, 0.4) is 0 Å². The third kappa shape index (κ3) is 13.9. The molecule has 0 aliphatic heterocycles. The molecule has 0 N–H and O–H groups in total. The summed E-state index contributed by atoms with van der Waals surface area (Å²) in [6.45, 7) is 13.8. The quantitative estimate of drug-likeness (QED) is 0.161. The lowest BCUT2D eigenvalue weighted by Crippen LogP contribution is -3.00. The van der Waals surface area contributed by atoms with Crippen molar-refractivity contribution in [2.75, 3.05) is 19.6 Å². The first kappa shape index (κ1) is 28.2. The lowest BCUT2D eigenvalue weighted by molar-refractivity contribution is -0.941. The van der Waals surface area contributed by atoms with Gasteiger partial charge in [0.1, 0.15) is 6.54 Å². The van der Waals surface area contributed by atoms with E-state index in [9.17, 15) is 0 Å². The van der Waals surface area contributed by atoms with Crippen LogP contribution in [-0.4, -0.2) is 24.1 Å². The van der Waals surface area contributed by atoms with Crippen LogP contribution in [0.4, 0.5) is 0 Å². The highest BCUT2D eigenvalue weighted by Crippen LogP contribution is 2.21. The molecule has 29 heavy (non-hydrogen) atoms. The van der Waals surface area contributed by atoms with Crippen molar-refractivity contribution in [3.8, 4) is 0 Å². The van der Waals surface area contributed by atoms with E-state index in [2.05, 4.69) is 56.8 Å². The van der Waals surface area contributed by atoms with Crippen molar-refractivity contribution in [1.29, 1.82) is 0 Å². The Morgan fingerprint density at radius 1 is 0.690 bits per heavy atom. The van der Waals surface area contributed by atoms with Crippen LogP contribution in [-0.2, 0) is 6.54 Å². The van der Waals surface area contributed by atoms with Gasteiger partial charge in [-0.2, -0.15) is 0 Å². The van der Waals surface area contributed by atoms with Crippen molar-refractivity contribution in [3.63, 3.8) is 0 Å². The maximum absolute atomic E-state index is 3.86. The smallest absolute Gasteiger partial charge is 0.104 e. The molecule has 1 rings (SSSR count). The fraction of sp³-hybridized carbons (Fsp3) is 0.704. The van der Waals surface area contributed by atoms with Crippen molar-refractivity contribution in [1.82, 2.24) is 0 Å². The fourth-order valence-corrected chi connectivity index (χ4v) is 4.38. The number of nitrogens with zero attached hydrogens (tertiary/aromatic N) is 1. The van der Waals surface area contributed by atoms with Gasteiger partial charge in [-0.1, -0.05) is 82.4 Å². The minimum Gasteiger partial charge on any atom is -1.00 e. The first-order valence-corrected chi connectivity index (χ1v) is 12.3. The van der Waals surface area contributed by atoms with Gasteiger partial charge in [-0.05, 0) is 51.4 Å². The molecular weight excluding hydrogens is 374 g/mol. The Bertz CT molecular complexity index is 459. The summed E-state index contributed by atoms with van der Waals surface area (Å²) in [7, 11) is 0. The van der Waals surface area contributed by atoms with Gasteiger partial charge in [0.2, 0.25) is 0 Å². The van der Waals surface area contributed by atoms with E-state index in [0.717, 1.165) is 0 Å². The number of rotatable bonds is 19. The number of halogens is 1. The van der Waals surface area contributed by atoms with Gasteiger partial charge in [0.05, 0.1) is 19.6 Å². The first-order chi connectivity index (χ1) is 13.8. The molecule has 0 aliphatic rings. The molecule has 0 bridgehead atoms. The maximum Gasteiger partial charge on any atom is 0.104 e. The molecule has 1 aromatic carbocycles. The second kappa shape index (κ2) is 19.2. The minimum absolute atomic E-state index is 0. The van der Waals surface area contributed by atoms with Crippen molar-refractivity contribution in [3.05, 3.63) is 48.6 Å². The number of unbranched alkanes of at least 4 members (excludes halogenated alkanes) is 10. The molecule has 0 heterocycles. The van der Waals surface area contributed by atoms with Crippen LogP contribution < -0.4 is 12.4 Å². The van der Waals surface area contributed by atoms with Crippen molar-refractivity contribution >= 4 is 0 Å². The summed E-state index contributed by atoms with van der Waals surface area (Å²) in [5, 5.41) is 0. The van der Waals surface area contributed by atoms with Gasteiger partial charge < -0.3 is 16.9 Å². The van der Waals surface area contributed by atoms with Crippen LogP contribution in [0.25, 0.3) is 0 Å². The highest BCUT2D eigenvalue weighted by molar-refractivity contribution is 5.13. The van der Waals surface area contributed by atoms with Crippen LogP contribution in [0.1, 0.15) is 103 Å². The number of allylic oxidation sites excluding steroid dienone is 1. The monoisotopic (exact) mass is 421 g/mol. The van der Waals surface area contributed by atoms with E-state index in [4.69, 9.17) is 0 Å². The van der Waals surface area contributed by atoms with E-state index in [1.807, 2.05) is 0 Å². The molecular formula is C27H48ClN. The molecule has 0 aromatic heterocycles. The van der Waals surface area contributed by atoms with Gasteiger partial charge in [0.15, 0.2) is 0 Å². The highest BCUT2D eigenvalue weighted by atomic mass is 35.5. The molecule has 0 fully saturated rings. The molecule has 1 aromatic rings. The molecule has 0 unspecified atom stereocenters. The molecule has 0 amide bonds. The Kier molecular flexibility index (Phi) is 18.7. The van der Waals surface area contributed by atoms with Gasteiger partial charge in [0, 0.05) is 5.56 Å². The van der Waals surface area contributed by atoms with Gasteiger partial charge in [-0.3, -0.25) is 0 Å². The summed E-state index contributed by atoms with van der Waals surface area (Å²) in [6.07, 6.45) is 19.7. The summed E-state index contributed by atoms with van der Waals surface area (Å²) < 4.78 is 1.32. The summed E-state index contributed by atoms with van der Waals surface area (Å²) in [5.41, 5.74) is 1.53. The Balaban J connectivity index is 0.00000784. The standard InChI is InChI=1S/C27H48N.ClH/c1-4-7-10-13-14-20-25-28(23-18-11-8-5-2,24-19-12-9-6-3)26-27-21-16-15-17-22-27;/h4,15-17,21-22H,1,5-14,18-20,23-26H2,2-3H3;1H/q+1;/p-1. The van der Waals surface area contributed by atoms with E-state index in [1.54, 1.807) is 0 Å². The van der Waals surface area contributed by atoms with Gasteiger partial charge in [-0.25, -0.2) is 0 Å². The predicted molar refractivity (Wildman–Crippen MR) is 127 cm³/mol. The summed E-state index contributed by atoms with van der Waals surface area (Å²) in [6, 6.07) is 11.3. The molecule has 0 radical (unpaired) electrons. The first-order valence-electron chi connectivity index (χ1n) is 12.3. The zero-order valence-corrected chi connectivity index (χ0v) is 20.3. The number of hydrogen-bond acceptors (Lipinski definition) is 0. The molecule has 0 spiro atoms. The Morgan fingerprint density at radius 3 is 1.66 bits per heavy atom. The van der Waals surface area contributed by atoms with E-state index in [0.29, 0.717) is 0 Å². The third-order valence-corrected chi connectivity index (χ3v) is 6.12. The fourth-order valence-electron chi connectivity index (χ4n) is 4.38. The number of hydrogen-bond donors (Lipinski definition) is 0. The average Bonchev–Trinajstić information content (AvgIpc) is 2.72. The van der Waals surface area contributed by atoms with Crippen LogP contribution in [0.2, 0.25) is 0 Å². The lowest BCUT2D eigenvalue weighted by atomic mass is 10.1. The largest absolute Gasteiger partial charge is 1.00 e. The summed E-state index contributed by atoms with van der Waals surface area (Å²) >= 11 is 0. The van der Waals surface area contributed by atoms with Gasteiger partial charge in [-0.15, -0.1) is 6.58 Å². The molecule has 168 valence electrons. The maximum atomic E-state index is 3.86. The van der Waals surface area contributed by atoms with E-state index in [-0.39, 0.29) is 12.4 Å². The molecule has 0 saturated carbocycles. The second-order valence-corrected chi connectivity index (χ2v) is 8.77.